The van der Waals surface area contributed by atoms with E-state index in [2.05, 4.69) is 41.2 Å². The lowest BCUT2D eigenvalue weighted by Crippen LogP contribution is -2.49. The van der Waals surface area contributed by atoms with Gasteiger partial charge in [0.25, 0.3) is 0 Å². The second kappa shape index (κ2) is 4.90. The number of fused-ring (bicyclic) bond motifs is 1. The molecule has 5 aliphatic rings. The Kier molecular flexibility index (Phi) is 2.82. The molecule has 2 heterocycles. The van der Waals surface area contributed by atoms with Gasteiger partial charge in [-0.15, -0.1) is 0 Å². The van der Waals surface area contributed by atoms with E-state index in [-0.39, 0.29) is 0 Å². The Balaban J connectivity index is 1.49. The van der Waals surface area contributed by atoms with E-state index in [1.165, 1.54) is 66.9 Å². The molecule has 0 radical (unpaired) electrons. The first-order valence-corrected chi connectivity index (χ1v) is 10.1. The molecular weight excluding hydrogens is 306 g/mol. The highest BCUT2D eigenvalue weighted by molar-refractivity contribution is 5.59. The van der Waals surface area contributed by atoms with Crippen molar-refractivity contribution in [2.24, 2.45) is 17.8 Å². The molecule has 130 valence electrons. The molecule has 1 N–H and O–H groups in total. The van der Waals surface area contributed by atoms with Crippen LogP contribution in [0.2, 0.25) is 0 Å². The van der Waals surface area contributed by atoms with Gasteiger partial charge in [-0.05, 0) is 81.8 Å². The Bertz CT molecular complexity index is 794. The molecular formula is C22H27N3. The van der Waals surface area contributed by atoms with Crippen LogP contribution < -0.4 is 5.32 Å². The molecule has 7 rings (SSSR count). The normalized spacial score (nSPS) is 35.0. The summed E-state index contributed by atoms with van der Waals surface area (Å²) >= 11 is 0. The van der Waals surface area contributed by atoms with Gasteiger partial charge in [-0.25, -0.2) is 4.68 Å². The largest absolute Gasteiger partial charge is 0.369 e. The Morgan fingerprint density at radius 3 is 2.28 bits per heavy atom. The number of hydrogen-bond acceptors (Lipinski definition) is 2. The summed E-state index contributed by atoms with van der Waals surface area (Å²) in [5.41, 5.74) is 5.89. The van der Waals surface area contributed by atoms with Gasteiger partial charge >= 0.3 is 0 Å². The molecule has 0 spiro atoms. The van der Waals surface area contributed by atoms with Crippen LogP contribution in [0.1, 0.15) is 55.3 Å². The molecule has 0 unspecified atom stereocenters. The number of hydrogen-bond donors (Lipinski definition) is 1. The number of nitrogens with zero attached hydrogens (tertiary/aromatic N) is 2. The SMILES string of the molecule is Cc1ccc(-n2nc(C34CC5CC(CC(C5)C3)C4)c3c2NCC3)cc1. The number of nitrogens with one attached hydrogen (secondary N) is 1. The average molecular weight is 333 g/mol. The topological polar surface area (TPSA) is 29.9 Å². The van der Waals surface area contributed by atoms with Gasteiger partial charge in [0.1, 0.15) is 5.82 Å². The summed E-state index contributed by atoms with van der Waals surface area (Å²) in [6.45, 7) is 3.22. The van der Waals surface area contributed by atoms with Crippen molar-refractivity contribution in [3.05, 3.63) is 41.1 Å². The van der Waals surface area contributed by atoms with Crippen molar-refractivity contribution >= 4 is 5.82 Å². The van der Waals surface area contributed by atoms with Crippen molar-refractivity contribution in [3.8, 4) is 5.69 Å². The summed E-state index contributed by atoms with van der Waals surface area (Å²) in [6, 6.07) is 8.82. The zero-order valence-corrected chi connectivity index (χ0v) is 15.1. The van der Waals surface area contributed by atoms with Gasteiger partial charge in [-0.1, -0.05) is 17.7 Å². The lowest BCUT2D eigenvalue weighted by Gasteiger charge is -2.56. The van der Waals surface area contributed by atoms with Crippen molar-refractivity contribution in [3.63, 3.8) is 0 Å². The fraction of sp³-hybridized carbons (Fsp3) is 0.591. The van der Waals surface area contributed by atoms with Crippen LogP contribution in [-0.2, 0) is 11.8 Å². The molecule has 0 amide bonds. The van der Waals surface area contributed by atoms with Gasteiger partial charge in [0.15, 0.2) is 0 Å². The monoisotopic (exact) mass is 333 g/mol. The fourth-order valence-corrected chi connectivity index (χ4v) is 6.87. The number of benzene rings is 1. The van der Waals surface area contributed by atoms with Crippen molar-refractivity contribution in [1.29, 1.82) is 0 Å². The van der Waals surface area contributed by atoms with Crippen LogP contribution in [0.15, 0.2) is 24.3 Å². The summed E-state index contributed by atoms with van der Waals surface area (Å²) in [6.07, 6.45) is 9.84. The second-order valence-electron chi connectivity index (χ2n) is 9.30. The van der Waals surface area contributed by atoms with Crippen LogP contribution >= 0.6 is 0 Å². The summed E-state index contributed by atoms with van der Waals surface area (Å²) in [7, 11) is 0. The third-order valence-corrected chi connectivity index (χ3v) is 7.47. The molecule has 4 aliphatic carbocycles. The van der Waals surface area contributed by atoms with Crippen molar-refractivity contribution < 1.29 is 0 Å². The van der Waals surface area contributed by atoms with Crippen molar-refractivity contribution in [2.75, 3.05) is 11.9 Å². The quantitative estimate of drug-likeness (QED) is 0.869. The van der Waals surface area contributed by atoms with Gasteiger partial charge in [-0.2, -0.15) is 5.10 Å². The summed E-state index contributed by atoms with van der Waals surface area (Å²) in [5, 5.41) is 8.91. The Labute approximate surface area is 149 Å². The second-order valence-corrected chi connectivity index (χ2v) is 9.30. The van der Waals surface area contributed by atoms with Crippen LogP contribution in [0.3, 0.4) is 0 Å². The van der Waals surface area contributed by atoms with E-state index in [4.69, 9.17) is 5.10 Å². The molecule has 0 saturated heterocycles. The van der Waals surface area contributed by atoms with Gasteiger partial charge in [0.2, 0.25) is 0 Å². The molecule has 1 aromatic carbocycles. The highest BCUT2D eigenvalue weighted by Gasteiger charge is 2.54. The lowest BCUT2D eigenvalue weighted by molar-refractivity contribution is -0.00770. The molecule has 1 aliphatic heterocycles. The third-order valence-electron chi connectivity index (χ3n) is 7.47. The van der Waals surface area contributed by atoms with Crippen LogP contribution in [0.25, 0.3) is 5.69 Å². The molecule has 0 atom stereocenters. The minimum atomic E-state index is 0.390. The third kappa shape index (κ3) is 2.01. The minimum absolute atomic E-state index is 0.390. The molecule has 4 saturated carbocycles. The van der Waals surface area contributed by atoms with E-state index >= 15 is 0 Å². The number of aromatic nitrogens is 2. The van der Waals surface area contributed by atoms with Crippen LogP contribution in [-0.4, -0.2) is 16.3 Å². The van der Waals surface area contributed by atoms with Crippen molar-refractivity contribution in [2.45, 2.75) is 57.3 Å². The fourth-order valence-electron chi connectivity index (χ4n) is 6.87. The Morgan fingerprint density at radius 1 is 1.00 bits per heavy atom. The molecule has 1 aromatic heterocycles. The van der Waals surface area contributed by atoms with E-state index in [0.29, 0.717) is 5.41 Å². The Hall–Kier alpha value is -1.77. The van der Waals surface area contributed by atoms with Gasteiger partial charge in [0, 0.05) is 17.5 Å². The summed E-state index contributed by atoms with van der Waals surface area (Å²) in [4.78, 5) is 0. The maximum Gasteiger partial charge on any atom is 0.133 e. The highest BCUT2D eigenvalue weighted by Crippen LogP contribution is 2.61. The summed E-state index contributed by atoms with van der Waals surface area (Å²) in [5.74, 6) is 4.19. The molecule has 4 fully saturated rings. The minimum Gasteiger partial charge on any atom is -0.369 e. The lowest BCUT2D eigenvalue weighted by atomic mass is 9.48. The van der Waals surface area contributed by atoms with E-state index in [0.717, 1.165) is 30.7 Å². The molecule has 25 heavy (non-hydrogen) atoms. The highest BCUT2D eigenvalue weighted by atomic mass is 15.3. The first-order chi connectivity index (χ1) is 12.2. The van der Waals surface area contributed by atoms with Gasteiger partial charge in [0.05, 0.1) is 11.4 Å². The smallest absolute Gasteiger partial charge is 0.133 e. The molecule has 3 nitrogen and oxygen atoms in total. The summed E-state index contributed by atoms with van der Waals surface area (Å²) < 4.78 is 2.20. The predicted octanol–water partition coefficient (Wildman–Crippen LogP) is 4.62. The maximum absolute atomic E-state index is 5.28. The Morgan fingerprint density at radius 2 is 1.64 bits per heavy atom. The van der Waals surface area contributed by atoms with E-state index in [1.807, 2.05) is 0 Å². The average Bonchev–Trinajstić information content (AvgIpc) is 3.17. The van der Waals surface area contributed by atoms with E-state index in [9.17, 15) is 0 Å². The first-order valence-electron chi connectivity index (χ1n) is 10.1. The van der Waals surface area contributed by atoms with Gasteiger partial charge < -0.3 is 5.32 Å². The van der Waals surface area contributed by atoms with Crippen LogP contribution in [0.5, 0.6) is 0 Å². The van der Waals surface area contributed by atoms with Crippen LogP contribution in [0, 0.1) is 24.7 Å². The predicted molar refractivity (Wildman–Crippen MR) is 100 cm³/mol. The zero-order valence-electron chi connectivity index (χ0n) is 15.1. The van der Waals surface area contributed by atoms with E-state index in [1.54, 1.807) is 0 Å². The first kappa shape index (κ1) is 14.4. The molecule has 4 bridgehead atoms. The maximum atomic E-state index is 5.28. The van der Waals surface area contributed by atoms with Gasteiger partial charge in [-0.3, -0.25) is 0 Å². The number of aryl methyl sites for hydroxylation is 1. The number of anilines is 1. The van der Waals surface area contributed by atoms with Crippen LogP contribution in [0.4, 0.5) is 5.82 Å². The van der Waals surface area contributed by atoms with Crippen molar-refractivity contribution in [1.82, 2.24) is 9.78 Å². The molecule has 3 heteroatoms. The molecule has 2 aromatic rings. The standard InChI is InChI=1S/C22H27N3/c1-14-2-4-18(5-3-14)25-21-19(6-7-23-21)20(24-25)22-11-15-8-16(12-22)10-17(9-15)13-22/h2-5,15-17,23H,6-13H2,1H3. The van der Waals surface area contributed by atoms with E-state index < -0.39 is 0 Å². The number of rotatable bonds is 2. The zero-order chi connectivity index (χ0) is 16.6.